The molecular weight excluding hydrogens is 178 g/mol. The van der Waals surface area contributed by atoms with Gasteiger partial charge in [-0.1, -0.05) is 6.07 Å². The standard InChI is InChI=1S/C11H17NO2/c1-11(2,12-3)8-5-6-10(14-4)9(13)7-8/h5-7,12-13H,1-4H3. The van der Waals surface area contributed by atoms with Gasteiger partial charge < -0.3 is 15.2 Å². The number of rotatable bonds is 3. The summed E-state index contributed by atoms with van der Waals surface area (Å²) in [7, 11) is 3.43. The van der Waals surface area contributed by atoms with Gasteiger partial charge >= 0.3 is 0 Å². The number of phenolic OH excluding ortho intramolecular Hbond substituents is 1. The molecule has 1 aromatic carbocycles. The number of phenols is 1. The van der Waals surface area contributed by atoms with Crippen molar-refractivity contribution in [2.75, 3.05) is 14.2 Å². The first-order chi connectivity index (χ1) is 6.51. The van der Waals surface area contributed by atoms with E-state index in [4.69, 9.17) is 4.74 Å². The first-order valence-electron chi connectivity index (χ1n) is 4.57. The van der Waals surface area contributed by atoms with Gasteiger partial charge in [0.1, 0.15) is 0 Å². The monoisotopic (exact) mass is 195 g/mol. The van der Waals surface area contributed by atoms with E-state index in [0.29, 0.717) is 5.75 Å². The van der Waals surface area contributed by atoms with Crippen LogP contribution in [-0.4, -0.2) is 19.3 Å². The molecule has 78 valence electrons. The van der Waals surface area contributed by atoms with E-state index in [1.54, 1.807) is 12.1 Å². The third kappa shape index (κ3) is 1.99. The van der Waals surface area contributed by atoms with Crippen LogP contribution in [0.2, 0.25) is 0 Å². The van der Waals surface area contributed by atoms with Crippen molar-refractivity contribution < 1.29 is 9.84 Å². The van der Waals surface area contributed by atoms with Gasteiger partial charge in [-0.25, -0.2) is 0 Å². The molecule has 0 unspecified atom stereocenters. The number of benzene rings is 1. The molecule has 0 saturated carbocycles. The highest BCUT2D eigenvalue weighted by atomic mass is 16.5. The summed E-state index contributed by atoms with van der Waals surface area (Å²) in [5, 5.41) is 12.8. The van der Waals surface area contributed by atoms with E-state index in [-0.39, 0.29) is 11.3 Å². The summed E-state index contributed by atoms with van der Waals surface area (Å²) < 4.78 is 4.98. The number of hydrogen-bond donors (Lipinski definition) is 2. The molecule has 0 atom stereocenters. The summed E-state index contributed by atoms with van der Waals surface area (Å²) in [6.07, 6.45) is 0. The third-order valence-electron chi connectivity index (χ3n) is 2.53. The lowest BCUT2D eigenvalue weighted by Gasteiger charge is -2.25. The highest BCUT2D eigenvalue weighted by Crippen LogP contribution is 2.30. The van der Waals surface area contributed by atoms with Crippen LogP contribution in [0.25, 0.3) is 0 Å². The van der Waals surface area contributed by atoms with Crippen LogP contribution in [0.5, 0.6) is 11.5 Å². The molecule has 1 rings (SSSR count). The second kappa shape index (κ2) is 3.88. The van der Waals surface area contributed by atoms with E-state index in [1.807, 2.05) is 27.0 Å². The Hall–Kier alpha value is -1.22. The summed E-state index contributed by atoms with van der Waals surface area (Å²) in [6.45, 7) is 4.10. The van der Waals surface area contributed by atoms with Crippen LogP contribution >= 0.6 is 0 Å². The van der Waals surface area contributed by atoms with Crippen molar-refractivity contribution in [3.8, 4) is 11.5 Å². The Bertz CT molecular complexity index is 321. The zero-order chi connectivity index (χ0) is 10.8. The Labute approximate surface area is 84.7 Å². The van der Waals surface area contributed by atoms with Crippen LogP contribution in [-0.2, 0) is 5.54 Å². The van der Waals surface area contributed by atoms with Crippen LogP contribution in [0.3, 0.4) is 0 Å². The van der Waals surface area contributed by atoms with E-state index < -0.39 is 0 Å². The second-order valence-electron chi connectivity index (χ2n) is 3.76. The van der Waals surface area contributed by atoms with Crippen molar-refractivity contribution >= 4 is 0 Å². The van der Waals surface area contributed by atoms with Gasteiger partial charge in [-0.05, 0) is 38.6 Å². The van der Waals surface area contributed by atoms with E-state index in [0.717, 1.165) is 5.56 Å². The predicted octanol–water partition coefficient (Wildman–Crippen LogP) is 1.86. The average Bonchev–Trinajstić information content (AvgIpc) is 2.17. The summed E-state index contributed by atoms with van der Waals surface area (Å²) in [5.41, 5.74) is 0.877. The van der Waals surface area contributed by atoms with Gasteiger partial charge in [0.05, 0.1) is 7.11 Å². The molecule has 0 aliphatic carbocycles. The first kappa shape index (κ1) is 10.9. The molecular formula is C11H17NO2. The first-order valence-corrected chi connectivity index (χ1v) is 4.57. The van der Waals surface area contributed by atoms with Gasteiger partial charge in [-0.3, -0.25) is 0 Å². The summed E-state index contributed by atoms with van der Waals surface area (Å²) >= 11 is 0. The van der Waals surface area contributed by atoms with Gasteiger partial charge in [0, 0.05) is 5.54 Å². The van der Waals surface area contributed by atoms with Gasteiger partial charge in [-0.2, -0.15) is 0 Å². The maximum absolute atomic E-state index is 9.60. The molecule has 0 aliphatic heterocycles. The highest BCUT2D eigenvalue weighted by Gasteiger charge is 2.18. The van der Waals surface area contributed by atoms with Gasteiger partial charge in [-0.15, -0.1) is 0 Å². The molecule has 2 N–H and O–H groups in total. The molecule has 0 spiro atoms. The Balaban J connectivity index is 3.08. The fourth-order valence-electron chi connectivity index (χ4n) is 1.22. The van der Waals surface area contributed by atoms with Crippen LogP contribution in [0, 0.1) is 0 Å². The molecule has 0 fully saturated rings. The van der Waals surface area contributed by atoms with Crippen LogP contribution in [0.4, 0.5) is 0 Å². The van der Waals surface area contributed by atoms with Crippen LogP contribution < -0.4 is 10.1 Å². The maximum Gasteiger partial charge on any atom is 0.160 e. The summed E-state index contributed by atoms with van der Waals surface area (Å²) in [6, 6.07) is 5.42. The van der Waals surface area contributed by atoms with Crippen molar-refractivity contribution in [1.29, 1.82) is 0 Å². The topological polar surface area (TPSA) is 41.5 Å². The van der Waals surface area contributed by atoms with Gasteiger partial charge in [0.15, 0.2) is 11.5 Å². The molecule has 0 amide bonds. The van der Waals surface area contributed by atoms with Crippen molar-refractivity contribution in [3.05, 3.63) is 23.8 Å². The quantitative estimate of drug-likeness (QED) is 0.773. The van der Waals surface area contributed by atoms with Gasteiger partial charge in [0.25, 0.3) is 0 Å². The van der Waals surface area contributed by atoms with Crippen molar-refractivity contribution in [1.82, 2.24) is 5.32 Å². The lowest BCUT2D eigenvalue weighted by Crippen LogP contribution is -2.32. The number of methoxy groups -OCH3 is 1. The minimum atomic E-state index is -0.149. The number of aromatic hydroxyl groups is 1. The van der Waals surface area contributed by atoms with E-state index in [9.17, 15) is 5.11 Å². The normalized spacial score (nSPS) is 11.4. The molecule has 0 radical (unpaired) electrons. The number of nitrogens with one attached hydrogen (secondary N) is 1. The fourth-order valence-corrected chi connectivity index (χ4v) is 1.22. The number of ether oxygens (including phenoxy) is 1. The lowest BCUT2D eigenvalue weighted by molar-refractivity contribution is 0.370. The van der Waals surface area contributed by atoms with Crippen molar-refractivity contribution in [2.45, 2.75) is 19.4 Å². The zero-order valence-electron chi connectivity index (χ0n) is 9.09. The van der Waals surface area contributed by atoms with E-state index in [2.05, 4.69) is 5.32 Å². The molecule has 0 aromatic heterocycles. The largest absolute Gasteiger partial charge is 0.504 e. The zero-order valence-corrected chi connectivity index (χ0v) is 9.09. The lowest BCUT2D eigenvalue weighted by atomic mass is 9.94. The van der Waals surface area contributed by atoms with Gasteiger partial charge in [0.2, 0.25) is 0 Å². The molecule has 3 heteroatoms. The van der Waals surface area contributed by atoms with E-state index in [1.165, 1.54) is 7.11 Å². The molecule has 0 bridgehead atoms. The Morgan fingerprint density at radius 1 is 1.36 bits per heavy atom. The minimum Gasteiger partial charge on any atom is -0.504 e. The van der Waals surface area contributed by atoms with Crippen molar-refractivity contribution in [2.24, 2.45) is 0 Å². The smallest absolute Gasteiger partial charge is 0.160 e. The molecule has 0 heterocycles. The second-order valence-corrected chi connectivity index (χ2v) is 3.76. The summed E-state index contributed by atoms with van der Waals surface area (Å²) in [4.78, 5) is 0. The Morgan fingerprint density at radius 2 is 2.00 bits per heavy atom. The number of hydrogen-bond acceptors (Lipinski definition) is 3. The molecule has 0 aliphatic rings. The SMILES string of the molecule is CNC(C)(C)c1ccc(OC)c(O)c1. The van der Waals surface area contributed by atoms with Crippen molar-refractivity contribution in [3.63, 3.8) is 0 Å². The molecule has 3 nitrogen and oxygen atoms in total. The maximum atomic E-state index is 9.60. The van der Waals surface area contributed by atoms with Crippen LogP contribution in [0.15, 0.2) is 18.2 Å². The average molecular weight is 195 g/mol. The van der Waals surface area contributed by atoms with Crippen LogP contribution in [0.1, 0.15) is 19.4 Å². The Kier molecular flexibility index (Phi) is 3.01. The Morgan fingerprint density at radius 3 is 2.43 bits per heavy atom. The minimum absolute atomic E-state index is 0.149. The molecule has 0 saturated heterocycles. The summed E-state index contributed by atoms with van der Waals surface area (Å²) in [5.74, 6) is 0.675. The predicted molar refractivity (Wildman–Crippen MR) is 56.7 cm³/mol. The molecule has 14 heavy (non-hydrogen) atoms. The fraction of sp³-hybridized carbons (Fsp3) is 0.455. The van der Waals surface area contributed by atoms with E-state index >= 15 is 0 Å². The highest BCUT2D eigenvalue weighted by molar-refractivity contribution is 5.43. The third-order valence-corrected chi connectivity index (χ3v) is 2.53. The molecule has 1 aromatic rings.